The van der Waals surface area contributed by atoms with Gasteiger partial charge in [0.2, 0.25) is 0 Å². The number of amides is 1. The van der Waals surface area contributed by atoms with E-state index in [1.54, 1.807) is 7.11 Å². The predicted molar refractivity (Wildman–Crippen MR) is 78.3 cm³/mol. The molecule has 5 heteroatoms. The van der Waals surface area contributed by atoms with E-state index < -0.39 is 6.10 Å². The van der Waals surface area contributed by atoms with Crippen molar-refractivity contribution in [1.29, 1.82) is 0 Å². The maximum absolute atomic E-state index is 12.4. The number of ether oxygens (including phenoxy) is 1. The molecule has 2 N–H and O–H groups in total. The van der Waals surface area contributed by atoms with Gasteiger partial charge in [0.25, 0.3) is 5.91 Å². The lowest BCUT2D eigenvalue weighted by molar-refractivity contribution is -0.142. The molecule has 19 heavy (non-hydrogen) atoms. The van der Waals surface area contributed by atoms with Crippen molar-refractivity contribution in [2.45, 2.75) is 52.2 Å². The zero-order valence-corrected chi connectivity index (χ0v) is 13.3. The first kappa shape index (κ1) is 16.7. The maximum Gasteiger partial charge on any atom is 0.253 e. The Morgan fingerprint density at radius 3 is 2.58 bits per heavy atom. The molecule has 2 rings (SSSR count). The summed E-state index contributed by atoms with van der Waals surface area (Å²) in [5.74, 6) is 0.0754. The summed E-state index contributed by atoms with van der Waals surface area (Å²) >= 11 is 0. The Morgan fingerprint density at radius 1 is 1.42 bits per heavy atom. The molecule has 3 atom stereocenters. The van der Waals surface area contributed by atoms with E-state index >= 15 is 0 Å². The molecule has 1 aliphatic carbocycles. The van der Waals surface area contributed by atoms with Crippen LogP contribution >= 0.6 is 12.4 Å². The first-order chi connectivity index (χ1) is 8.30. The number of hydrogen-bond acceptors (Lipinski definition) is 3. The smallest absolute Gasteiger partial charge is 0.253 e. The van der Waals surface area contributed by atoms with Crippen LogP contribution in [-0.4, -0.2) is 43.2 Å². The van der Waals surface area contributed by atoms with Gasteiger partial charge in [-0.15, -0.1) is 12.4 Å². The largest absolute Gasteiger partial charge is 0.370 e. The molecule has 1 amide bonds. The molecule has 1 aliphatic heterocycles. The number of methoxy groups -OCH3 is 1. The zero-order chi connectivity index (χ0) is 13.6. The topological polar surface area (TPSA) is 55.6 Å². The van der Waals surface area contributed by atoms with E-state index in [9.17, 15) is 4.79 Å². The van der Waals surface area contributed by atoms with Crippen LogP contribution in [-0.2, 0) is 9.53 Å². The Labute approximate surface area is 122 Å². The highest BCUT2D eigenvalue weighted by molar-refractivity contribution is 5.85. The summed E-state index contributed by atoms with van der Waals surface area (Å²) in [7, 11) is 1.56. The Hall–Kier alpha value is -0.320. The molecule has 1 saturated carbocycles. The highest BCUT2D eigenvalue weighted by Gasteiger charge is 2.51. The predicted octanol–water partition coefficient (Wildman–Crippen LogP) is 1.81. The lowest BCUT2D eigenvalue weighted by Crippen LogP contribution is -2.46. The van der Waals surface area contributed by atoms with Crippen molar-refractivity contribution in [1.82, 2.24) is 4.90 Å². The third kappa shape index (κ3) is 3.23. The van der Waals surface area contributed by atoms with E-state index in [0.717, 1.165) is 19.4 Å². The van der Waals surface area contributed by atoms with Crippen LogP contribution in [0.2, 0.25) is 0 Å². The van der Waals surface area contributed by atoms with Crippen molar-refractivity contribution in [3.63, 3.8) is 0 Å². The second kappa shape index (κ2) is 5.58. The molecule has 0 aromatic carbocycles. The lowest BCUT2D eigenvalue weighted by Gasteiger charge is -2.39. The molecule has 0 spiro atoms. The van der Waals surface area contributed by atoms with E-state index in [4.69, 9.17) is 10.5 Å². The lowest BCUT2D eigenvalue weighted by atomic mass is 9.65. The first-order valence-corrected chi connectivity index (χ1v) is 6.84. The molecule has 2 bridgehead atoms. The van der Waals surface area contributed by atoms with Crippen LogP contribution in [0.15, 0.2) is 0 Å². The van der Waals surface area contributed by atoms with Gasteiger partial charge in [-0.3, -0.25) is 4.79 Å². The Kier molecular flexibility index (Phi) is 4.92. The van der Waals surface area contributed by atoms with E-state index in [2.05, 4.69) is 20.8 Å². The molecule has 1 saturated heterocycles. The maximum atomic E-state index is 12.4. The van der Waals surface area contributed by atoms with E-state index in [1.165, 1.54) is 6.42 Å². The fraction of sp³-hybridized carbons (Fsp3) is 0.929. The third-order valence-corrected chi connectivity index (χ3v) is 4.47. The van der Waals surface area contributed by atoms with Gasteiger partial charge in [-0.1, -0.05) is 20.8 Å². The van der Waals surface area contributed by atoms with Gasteiger partial charge in [-0.25, -0.2) is 0 Å². The molecule has 0 radical (unpaired) electrons. The van der Waals surface area contributed by atoms with Gasteiger partial charge in [-0.05, 0) is 30.1 Å². The second-order valence-electron chi connectivity index (χ2n) is 7.14. The molecule has 1 heterocycles. The number of rotatable bonds is 3. The molecule has 3 unspecified atom stereocenters. The van der Waals surface area contributed by atoms with Crippen molar-refractivity contribution in [3.8, 4) is 0 Å². The Balaban J connectivity index is 0.00000180. The number of halogens is 1. The average molecular weight is 291 g/mol. The van der Waals surface area contributed by atoms with Crippen molar-refractivity contribution in [2.75, 3.05) is 20.2 Å². The summed E-state index contributed by atoms with van der Waals surface area (Å²) in [6.45, 7) is 8.04. The summed E-state index contributed by atoms with van der Waals surface area (Å²) in [5.41, 5.74) is 6.21. The minimum atomic E-state index is -0.476. The van der Waals surface area contributed by atoms with Gasteiger partial charge in [-0.2, -0.15) is 0 Å². The van der Waals surface area contributed by atoms with Crippen molar-refractivity contribution in [3.05, 3.63) is 0 Å². The molecular weight excluding hydrogens is 264 g/mol. The number of likely N-dealkylation sites (tertiary alicyclic amines) is 1. The monoisotopic (exact) mass is 290 g/mol. The standard InChI is InChI=1S/C14H26N2O2.ClH/c1-13(2)5-10-6-14(3,8-13)9-16(10)12(17)11(7-15)18-4;/h10-11H,5-9,15H2,1-4H3;1H. The summed E-state index contributed by atoms with van der Waals surface area (Å²) < 4.78 is 5.19. The highest BCUT2D eigenvalue weighted by atomic mass is 35.5. The van der Waals surface area contributed by atoms with Crippen LogP contribution in [0.4, 0.5) is 0 Å². The normalized spacial score (nSPS) is 33.7. The van der Waals surface area contributed by atoms with Gasteiger partial charge in [0.1, 0.15) is 6.10 Å². The van der Waals surface area contributed by atoms with Gasteiger partial charge >= 0.3 is 0 Å². The highest BCUT2D eigenvalue weighted by Crippen LogP contribution is 2.52. The SMILES string of the molecule is COC(CN)C(=O)N1CC2(C)CC1CC(C)(C)C2.Cl. The van der Waals surface area contributed by atoms with Crippen LogP contribution in [0.1, 0.15) is 40.0 Å². The minimum Gasteiger partial charge on any atom is -0.370 e. The van der Waals surface area contributed by atoms with Crippen molar-refractivity contribution in [2.24, 2.45) is 16.6 Å². The minimum absolute atomic E-state index is 0. The van der Waals surface area contributed by atoms with Gasteiger partial charge in [0, 0.05) is 26.2 Å². The van der Waals surface area contributed by atoms with Crippen LogP contribution in [0.25, 0.3) is 0 Å². The zero-order valence-electron chi connectivity index (χ0n) is 12.4. The number of carbonyl (C=O) groups excluding carboxylic acids is 1. The van der Waals surface area contributed by atoms with Crippen molar-refractivity contribution >= 4 is 18.3 Å². The quantitative estimate of drug-likeness (QED) is 0.862. The van der Waals surface area contributed by atoms with E-state index in [0.29, 0.717) is 11.5 Å². The van der Waals surface area contributed by atoms with Gasteiger partial charge in [0.05, 0.1) is 0 Å². The Morgan fingerprint density at radius 2 is 2.05 bits per heavy atom. The van der Waals surface area contributed by atoms with Gasteiger partial charge in [0.15, 0.2) is 0 Å². The second-order valence-corrected chi connectivity index (χ2v) is 7.14. The average Bonchev–Trinajstić information content (AvgIpc) is 2.49. The van der Waals surface area contributed by atoms with Crippen molar-refractivity contribution < 1.29 is 9.53 Å². The fourth-order valence-electron chi connectivity index (χ4n) is 4.20. The number of hydrogen-bond donors (Lipinski definition) is 1. The number of nitrogens with zero attached hydrogens (tertiary/aromatic N) is 1. The summed E-state index contributed by atoms with van der Waals surface area (Å²) in [6.07, 6.45) is 2.94. The van der Waals surface area contributed by atoms with Gasteiger partial charge < -0.3 is 15.4 Å². The molecule has 0 aromatic rings. The molecular formula is C14H27ClN2O2. The first-order valence-electron chi connectivity index (χ1n) is 6.84. The number of fused-ring (bicyclic) bond motifs is 2. The summed E-state index contributed by atoms with van der Waals surface area (Å²) in [6, 6.07) is 0.371. The summed E-state index contributed by atoms with van der Waals surface area (Å²) in [4.78, 5) is 14.4. The van der Waals surface area contributed by atoms with Crippen LogP contribution in [0.3, 0.4) is 0 Å². The fourth-order valence-corrected chi connectivity index (χ4v) is 4.20. The van der Waals surface area contributed by atoms with Crippen LogP contribution in [0, 0.1) is 10.8 Å². The molecule has 2 aliphatic rings. The number of carbonyl (C=O) groups is 1. The molecule has 2 fully saturated rings. The summed E-state index contributed by atoms with van der Waals surface area (Å²) in [5, 5.41) is 0. The Bertz CT molecular complexity index is 344. The van der Waals surface area contributed by atoms with Crippen LogP contribution < -0.4 is 5.73 Å². The number of nitrogens with two attached hydrogens (primary N) is 1. The van der Waals surface area contributed by atoms with E-state index in [-0.39, 0.29) is 30.3 Å². The third-order valence-electron chi connectivity index (χ3n) is 4.47. The molecule has 112 valence electrons. The molecule has 4 nitrogen and oxygen atoms in total. The van der Waals surface area contributed by atoms with E-state index in [1.807, 2.05) is 4.90 Å². The molecule has 0 aromatic heterocycles. The van der Waals surface area contributed by atoms with Crippen LogP contribution in [0.5, 0.6) is 0 Å².